The Morgan fingerprint density at radius 3 is 2.71 bits per heavy atom. The molecule has 0 amide bonds. The summed E-state index contributed by atoms with van der Waals surface area (Å²) in [5.41, 5.74) is 0.969. The predicted molar refractivity (Wildman–Crippen MR) is 58.7 cm³/mol. The lowest BCUT2D eigenvalue weighted by atomic mass is 10.2. The second kappa shape index (κ2) is 5.32. The fourth-order valence-corrected chi connectivity index (χ4v) is 1.53. The van der Waals surface area contributed by atoms with Crippen molar-refractivity contribution < 1.29 is 4.84 Å². The molecule has 82 valence electrons. The van der Waals surface area contributed by atoms with E-state index in [0.29, 0.717) is 12.6 Å². The van der Waals surface area contributed by atoms with Gasteiger partial charge < -0.3 is 9.74 Å². The minimum absolute atomic E-state index is 0.469. The molecule has 1 fully saturated rings. The van der Waals surface area contributed by atoms with Gasteiger partial charge in [0.15, 0.2) is 0 Å². The minimum atomic E-state index is 0.469. The van der Waals surface area contributed by atoms with E-state index >= 15 is 0 Å². The predicted octanol–water partition coefficient (Wildman–Crippen LogP) is 0.645. The van der Waals surface area contributed by atoms with Crippen LogP contribution >= 0.6 is 0 Å². The minimum Gasteiger partial charge on any atom is -0.394 e. The highest BCUT2D eigenvalue weighted by molar-refractivity contribution is 5.78. The van der Waals surface area contributed by atoms with Gasteiger partial charge in [-0.2, -0.15) is 0 Å². The average Bonchev–Trinajstić information content (AvgIpc) is 2.10. The van der Waals surface area contributed by atoms with Gasteiger partial charge in [-0.1, -0.05) is 5.16 Å². The van der Waals surface area contributed by atoms with Crippen molar-refractivity contribution in [2.45, 2.75) is 19.9 Å². The molecule has 0 saturated carbocycles. The normalized spacial score (nSPS) is 24.7. The zero-order chi connectivity index (χ0) is 10.6. The molecule has 1 heterocycles. The van der Waals surface area contributed by atoms with Gasteiger partial charge in [0.25, 0.3) is 0 Å². The van der Waals surface area contributed by atoms with Gasteiger partial charge in [0.1, 0.15) is 6.61 Å². The van der Waals surface area contributed by atoms with Crippen molar-refractivity contribution in [3.63, 3.8) is 0 Å². The van der Waals surface area contributed by atoms with E-state index in [0.717, 1.165) is 25.3 Å². The van der Waals surface area contributed by atoms with Crippen LogP contribution in [0, 0.1) is 0 Å². The summed E-state index contributed by atoms with van der Waals surface area (Å²) in [6, 6.07) is 0.469. The van der Waals surface area contributed by atoms with Crippen molar-refractivity contribution >= 4 is 5.71 Å². The number of nitrogens with zero attached hydrogens (tertiary/aromatic N) is 3. The number of likely N-dealkylation sites (N-methyl/N-ethyl adjacent to an activating group) is 2. The molecule has 0 radical (unpaired) electrons. The molecule has 0 aromatic carbocycles. The van der Waals surface area contributed by atoms with Gasteiger partial charge in [0.2, 0.25) is 0 Å². The molecule has 0 bridgehead atoms. The Hall–Kier alpha value is -0.610. The summed E-state index contributed by atoms with van der Waals surface area (Å²) < 4.78 is 0. The van der Waals surface area contributed by atoms with E-state index in [-0.39, 0.29) is 0 Å². The van der Waals surface area contributed by atoms with E-state index in [9.17, 15) is 0 Å². The smallest absolute Gasteiger partial charge is 0.133 e. The van der Waals surface area contributed by atoms with E-state index in [1.807, 2.05) is 13.8 Å². The van der Waals surface area contributed by atoms with Crippen LogP contribution in [0.1, 0.15) is 13.8 Å². The van der Waals surface area contributed by atoms with Crippen molar-refractivity contribution in [1.29, 1.82) is 0 Å². The van der Waals surface area contributed by atoms with Crippen LogP contribution in [0.3, 0.4) is 0 Å². The van der Waals surface area contributed by atoms with Crippen molar-refractivity contribution in [2.24, 2.45) is 5.16 Å². The molecule has 0 spiro atoms. The SMILES string of the molecule is CC(C)=NOCC1CN(C)CCN1C. The fraction of sp³-hybridized carbons (Fsp3) is 0.900. The van der Waals surface area contributed by atoms with Gasteiger partial charge in [0, 0.05) is 19.6 Å². The van der Waals surface area contributed by atoms with Crippen LogP contribution in [-0.2, 0) is 4.84 Å². The van der Waals surface area contributed by atoms with E-state index in [4.69, 9.17) is 4.84 Å². The van der Waals surface area contributed by atoms with Gasteiger partial charge in [-0.25, -0.2) is 0 Å². The third-order valence-corrected chi connectivity index (χ3v) is 2.49. The Balaban J connectivity index is 2.31. The lowest BCUT2D eigenvalue weighted by molar-refractivity contribution is 0.0321. The first-order valence-electron chi connectivity index (χ1n) is 5.11. The van der Waals surface area contributed by atoms with Gasteiger partial charge >= 0.3 is 0 Å². The third-order valence-electron chi connectivity index (χ3n) is 2.49. The maximum absolute atomic E-state index is 5.27. The average molecular weight is 199 g/mol. The Bertz CT molecular complexity index is 202. The molecule has 1 atom stereocenters. The van der Waals surface area contributed by atoms with Crippen LogP contribution in [0.2, 0.25) is 0 Å². The molecule has 1 aliphatic rings. The maximum Gasteiger partial charge on any atom is 0.133 e. The van der Waals surface area contributed by atoms with E-state index < -0.39 is 0 Å². The molecule has 0 aromatic rings. The van der Waals surface area contributed by atoms with Gasteiger partial charge in [-0.3, -0.25) is 4.90 Å². The van der Waals surface area contributed by atoms with Gasteiger partial charge in [-0.05, 0) is 27.9 Å². The molecule has 1 rings (SSSR count). The Morgan fingerprint density at radius 1 is 1.36 bits per heavy atom. The third kappa shape index (κ3) is 3.64. The topological polar surface area (TPSA) is 28.1 Å². The maximum atomic E-state index is 5.27. The zero-order valence-corrected chi connectivity index (χ0v) is 9.66. The number of piperazine rings is 1. The largest absolute Gasteiger partial charge is 0.394 e. The quantitative estimate of drug-likeness (QED) is 0.493. The first-order chi connectivity index (χ1) is 6.59. The van der Waals surface area contributed by atoms with Crippen molar-refractivity contribution in [2.75, 3.05) is 40.3 Å². The van der Waals surface area contributed by atoms with Gasteiger partial charge in [-0.15, -0.1) is 0 Å². The van der Waals surface area contributed by atoms with E-state index in [1.165, 1.54) is 0 Å². The molecule has 0 N–H and O–H groups in total. The van der Waals surface area contributed by atoms with Crippen LogP contribution in [0.15, 0.2) is 5.16 Å². The number of rotatable bonds is 3. The summed E-state index contributed by atoms with van der Waals surface area (Å²) in [5.74, 6) is 0. The van der Waals surface area contributed by atoms with Crippen LogP contribution in [0.5, 0.6) is 0 Å². The molecule has 1 saturated heterocycles. The number of hydrogen-bond acceptors (Lipinski definition) is 4. The summed E-state index contributed by atoms with van der Waals surface area (Å²) in [5, 5.41) is 3.95. The summed E-state index contributed by atoms with van der Waals surface area (Å²) in [7, 11) is 4.29. The Kier molecular flexibility index (Phi) is 4.35. The van der Waals surface area contributed by atoms with Crippen LogP contribution in [0.4, 0.5) is 0 Å². The van der Waals surface area contributed by atoms with Crippen molar-refractivity contribution in [3.05, 3.63) is 0 Å². The second-order valence-corrected chi connectivity index (χ2v) is 4.23. The summed E-state index contributed by atoms with van der Waals surface area (Å²) in [6.45, 7) is 7.89. The first-order valence-corrected chi connectivity index (χ1v) is 5.11. The molecule has 1 unspecified atom stereocenters. The molecule has 14 heavy (non-hydrogen) atoms. The summed E-state index contributed by atoms with van der Waals surface area (Å²) in [4.78, 5) is 9.94. The molecule has 0 aromatic heterocycles. The molecular weight excluding hydrogens is 178 g/mol. The molecule has 0 aliphatic carbocycles. The van der Waals surface area contributed by atoms with Gasteiger partial charge in [0.05, 0.1) is 11.8 Å². The van der Waals surface area contributed by atoms with Crippen LogP contribution in [-0.4, -0.2) is 61.9 Å². The molecule has 4 nitrogen and oxygen atoms in total. The molecule has 1 aliphatic heterocycles. The van der Waals surface area contributed by atoms with Crippen LogP contribution in [0.25, 0.3) is 0 Å². The summed E-state index contributed by atoms with van der Waals surface area (Å²) in [6.07, 6.45) is 0. The molecular formula is C10H21N3O. The monoisotopic (exact) mass is 199 g/mol. The van der Waals surface area contributed by atoms with Crippen LogP contribution < -0.4 is 0 Å². The Labute approximate surface area is 86.5 Å². The highest BCUT2D eigenvalue weighted by Crippen LogP contribution is 2.06. The lowest BCUT2D eigenvalue weighted by Gasteiger charge is -2.36. The van der Waals surface area contributed by atoms with Crippen molar-refractivity contribution in [3.8, 4) is 0 Å². The second-order valence-electron chi connectivity index (χ2n) is 4.23. The number of hydrogen-bond donors (Lipinski definition) is 0. The first kappa shape index (κ1) is 11.5. The zero-order valence-electron chi connectivity index (χ0n) is 9.66. The Morgan fingerprint density at radius 2 is 2.07 bits per heavy atom. The fourth-order valence-electron chi connectivity index (χ4n) is 1.53. The highest BCUT2D eigenvalue weighted by atomic mass is 16.6. The standard InChI is InChI=1S/C10H21N3O/c1-9(2)11-14-8-10-7-12(3)5-6-13(10)4/h10H,5-8H2,1-4H3. The number of oxime groups is 1. The van der Waals surface area contributed by atoms with Crippen molar-refractivity contribution in [1.82, 2.24) is 9.80 Å². The highest BCUT2D eigenvalue weighted by Gasteiger charge is 2.22. The van der Waals surface area contributed by atoms with E-state index in [1.54, 1.807) is 0 Å². The van der Waals surface area contributed by atoms with E-state index in [2.05, 4.69) is 29.1 Å². The summed E-state index contributed by atoms with van der Waals surface area (Å²) >= 11 is 0. The molecule has 4 heteroatoms. The lowest BCUT2D eigenvalue weighted by Crippen LogP contribution is -2.51.